The van der Waals surface area contributed by atoms with Crippen LogP contribution in [0.1, 0.15) is 21.6 Å². The third-order valence-corrected chi connectivity index (χ3v) is 3.88. The van der Waals surface area contributed by atoms with Gasteiger partial charge in [0.2, 0.25) is 0 Å². The maximum absolute atomic E-state index is 12.1. The highest BCUT2D eigenvalue weighted by atomic mass is 16.6. The molecule has 8 heteroatoms. The van der Waals surface area contributed by atoms with Crippen molar-refractivity contribution in [3.63, 3.8) is 0 Å². The summed E-state index contributed by atoms with van der Waals surface area (Å²) in [6.45, 7) is 4.32. The highest BCUT2D eigenvalue weighted by Crippen LogP contribution is 2.08. The molecule has 0 saturated carbocycles. The van der Waals surface area contributed by atoms with Crippen LogP contribution in [0.5, 0.6) is 0 Å². The van der Waals surface area contributed by atoms with Crippen molar-refractivity contribution in [2.24, 2.45) is 0 Å². The van der Waals surface area contributed by atoms with Gasteiger partial charge in [-0.3, -0.25) is 4.79 Å². The first-order chi connectivity index (χ1) is 11.6. The molecule has 1 aromatic carbocycles. The summed E-state index contributed by atoms with van der Waals surface area (Å²) in [4.78, 5) is 24.9. The van der Waals surface area contributed by atoms with Gasteiger partial charge < -0.3 is 15.0 Å². The van der Waals surface area contributed by atoms with Gasteiger partial charge in [0.25, 0.3) is 5.91 Å². The first kappa shape index (κ1) is 16.0. The number of hydrogen-bond donors (Lipinski definition) is 1. The molecule has 1 aliphatic rings. The standard InChI is InChI=1S/C16H19N5O3/c1-12-4-2-3-5-13(12)10-21-11-14(18-19-21)15(22)17-6-7-20-8-9-24-16(20)23/h2-5,11H,6-10H2,1H3,(H,17,22). The Kier molecular flexibility index (Phi) is 4.74. The number of amides is 2. The van der Waals surface area contributed by atoms with E-state index in [2.05, 4.69) is 15.6 Å². The molecule has 3 rings (SSSR count). The summed E-state index contributed by atoms with van der Waals surface area (Å²) in [5.41, 5.74) is 2.55. The van der Waals surface area contributed by atoms with E-state index in [1.807, 2.05) is 31.2 Å². The topological polar surface area (TPSA) is 89.4 Å². The lowest BCUT2D eigenvalue weighted by Gasteiger charge is -2.12. The van der Waals surface area contributed by atoms with E-state index in [0.717, 1.165) is 11.1 Å². The second kappa shape index (κ2) is 7.12. The largest absolute Gasteiger partial charge is 0.448 e. The lowest BCUT2D eigenvalue weighted by atomic mass is 10.1. The third kappa shape index (κ3) is 3.70. The third-order valence-electron chi connectivity index (χ3n) is 3.88. The molecule has 0 aliphatic carbocycles. The molecule has 2 amide bonds. The van der Waals surface area contributed by atoms with Crippen LogP contribution in [0.25, 0.3) is 0 Å². The Morgan fingerprint density at radius 2 is 2.21 bits per heavy atom. The summed E-state index contributed by atoms with van der Waals surface area (Å²) in [5, 5.41) is 10.6. The zero-order valence-electron chi connectivity index (χ0n) is 13.4. The Morgan fingerprint density at radius 1 is 1.38 bits per heavy atom. The summed E-state index contributed by atoms with van der Waals surface area (Å²) in [5.74, 6) is -0.307. The quantitative estimate of drug-likeness (QED) is 0.847. The predicted octanol–water partition coefficient (Wildman–Crippen LogP) is 0.817. The Morgan fingerprint density at radius 3 is 2.96 bits per heavy atom. The van der Waals surface area contributed by atoms with E-state index in [4.69, 9.17) is 4.74 Å². The summed E-state index contributed by atoms with van der Waals surface area (Å²) >= 11 is 0. The SMILES string of the molecule is Cc1ccccc1Cn1cc(C(=O)NCCN2CCOC2=O)nn1. The first-order valence-electron chi connectivity index (χ1n) is 7.78. The lowest BCUT2D eigenvalue weighted by molar-refractivity contribution is 0.0943. The van der Waals surface area contributed by atoms with Gasteiger partial charge in [0.05, 0.1) is 19.3 Å². The highest BCUT2D eigenvalue weighted by molar-refractivity contribution is 5.91. The maximum Gasteiger partial charge on any atom is 0.409 e. The Hall–Kier alpha value is -2.90. The van der Waals surface area contributed by atoms with Crippen molar-refractivity contribution in [3.8, 4) is 0 Å². The summed E-state index contributed by atoms with van der Waals surface area (Å²) in [6, 6.07) is 8.00. The van der Waals surface area contributed by atoms with Gasteiger partial charge in [0.1, 0.15) is 6.61 Å². The number of carbonyl (C=O) groups excluding carboxylic acids is 2. The average Bonchev–Trinajstić information content (AvgIpc) is 3.19. The predicted molar refractivity (Wildman–Crippen MR) is 85.6 cm³/mol. The number of hydrogen-bond acceptors (Lipinski definition) is 5. The normalized spacial score (nSPS) is 13.9. The number of rotatable bonds is 6. The second-order valence-corrected chi connectivity index (χ2v) is 5.59. The molecule has 1 fully saturated rings. The number of nitrogens with zero attached hydrogens (tertiary/aromatic N) is 4. The van der Waals surface area contributed by atoms with E-state index in [0.29, 0.717) is 32.8 Å². The van der Waals surface area contributed by atoms with Gasteiger partial charge >= 0.3 is 6.09 Å². The fourth-order valence-corrected chi connectivity index (χ4v) is 2.47. The van der Waals surface area contributed by atoms with Crippen LogP contribution in [0, 0.1) is 6.92 Å². The van der Waals surface area contributed by atoms with Crippen LogP contribution in [-0.4, -0.2) is 58.1 Å². The van der Waals surface area contributed by atoms with E-state index in [-0.39, 0.29) is 17.7 Å². The van der Waals surface area contributed by atoms with Crippen LogP contribution in [0.4, 0.5) is 4.79 Å². The van der Waals surface area contributed by atoms with Crippen molar-refractivity contribution in [1.82, 2.24) is 25.2 Å². The molecule has 1 aliphatic heterocycles. The van der Waals surface area contributed by atoms with Gasteiger partial charge in [0, 0.05) is 13.1 Å². The van der Waals surface area contributed by atoms with Gasteiger partial charge in [-0.25, -0.2) is 9.48 Å². The summed E-state index contributed by atoms with van der Waals surface area (Å²) < 4.78 is 6.46. The second-order valence-electron chi connectivity index (χ2n) is 5.59. The molecule has 1 N–H and O–H groups in total. The van der Waals surface area contributed by atoms with Crippen LogP contribution < -0.4 is 5.32 Å². The zero-order valence-corrected chi connectivity index (χ0v) is 13.4. The van der Waals surface area contributed by atoms with Crippen LogP contribution in [0.2, 0.25) is 0 Å². The zero-order chi connectivity index (χ0) is 16.9. The van der Waals surface area contributed by atoms with E-state index >= 15 is 0 Å². The molecular weight excluding hydrogens is 310 g/mol. The fraction of sp³-hybridized carbons (Fsp3) is 0.375. The molecule has 0 radical (unpaired) electrons. The van der Waals surface area contributed by atoms with Crippen molar-refractivity contribution >= 4 is 12.0 Å². The van der Waals surface area contributed by atoms with Crippen LogP contribution in [0.15, 0.2) is 30.5 Å². The molecule has 2 aromatic rings. The number of cyclic esters (lactones) is 1. The number of aryl methyl sites for hydroxylation is 1. The lowest BCUT2D eigenvalue weighted by Crippen LogP contribution is -2.35. The molecule has 8 nitrogen and oxygen atoms in total. The van der Waals surface area contributed by atoms with Gasteiger partial charge in [-0.05, 0) is 18.1 Å². The van der Waals surface area contributed by atoms with Gasteiger partial charge in [-0.1, -0.05) is 29.5 Å². The van der Waals surface area contributed by atoms with Crippen molar-refractivity contribution in [3.05, 3.63) is 47.3 Å². The molecule has 0 atom stereocenters. The average molecular weight is 329 g/mol. The minimum atomic E-state index is -0.339. The van der Waals surface area contributed by atoms with Gasteiger partial charge in [-0.15, -0.1) is 5.10 Å². The molecule has 0 unspecified atom stereocenters. The summed E-state index contributed by atoms with van der Waals surface area (Å²) in [7, 11) is 0. The number of ether oxygens (including phenoxy) is 1. The van der Waals surface area contributed by atoms with E-state index in [1.165, 1.54) is 0 Å². The minimum absolute atomic E-state index is 0.257. The Labute approximate surface area is 139 Å². The molecule has 126 valence electrons. The number of carbonyl (C=O) groups is 2. The number of nitrogens with one attached hydrogen (secondary N) is 1. The van der Waals surface area contributed by atoms with Crippen LogP contribution in [-0.2, 0) is 11.3 Å². The molecule has 24 heavy (non-hydrogen) atoms. The van der Waals surface area contributed by atoms with Crippen LogP contribution >= 0.6 is 0 Å². The van der Waals surface area contributed by atoms with E-state index in [9.17, 15) is 9.59 Å². The monoisotopic (exact) mass is 329 g/mol. The molecular formula is C16H19N5O3. The van der Waals surface area contributed by atoms with Crippen molar-refractivity contribution in [1.29, 1.82) is 0 Å². The molecule has 1 saturated heterocycles. The minimum Gasteiger partial charge on any atom is -0.448 e. The maximum atomic E-state index is 12.1. The van der Waals surface area contributed by atoms with Crippen LogP contribution in [0.3, 0.4) is 0 Å². The smallest absolute Gasteiger partial charge is 0.409 e. The number of benzene rings is 1. The Bertz CT molecular complexity index is 743. The van der Waals surface area contributed by atoms with E-state index in [1.54, 1.807) is 15.8 Å². The van der Waals surface area contributed by atoms with Gasteiger partial charge in [0.15, 0.2) is 5.69 Å². The van der Waals surface area contributed by atoms with Crippen molar-refractivity contribution < 1.29 is 14.3 Å². The first-order valence-corrected chi connectivity index (χ1v) is 7.78. The van der Waals surface area contributed by atoms with Crippen molar-refractivity contribution in [2.45, 2.75) is 13.5 Å². The molecule has 1 aromatic heterocycles. The van der Waals surface area contributed by atoms with E-state index < -0.39 is 0 Å². The van der Waals surface area contributed by atoms with Crippen molar-refractivity contribution in [2.75, 3.05) is 26.2 Å². The number of aromatic nitrogens is 3. The highest BCUT2D eigenvalue weighted by Gasteiger charge is 2.21. The molecule has 0 spiro atoms. The fourth-order valence-electron chi connectivity index (χ4n) is 2.47. The molecule has 0 bridgehead atoms. The van der Waals surface area contributed by atoms with Gasteiger partial charge in [-0.2, -0.15) is 0 Å². The Balaban J connectivity index is 1.52. The molecule has 2 heterocycles. The summed E-state index contributed by atoms with van der Waals surface area (Å²) in [6.07, 6.45) is 1.28.